The molecule has 0 atom stereocenters. The van der Waals surface area contributed by atoms with Gasteiger partial charge in [0.2, 0.25) is 5.78 Å². The van der Waals surface area contributed by atoms with Gasteiger partial charge in [0.15, 0.2) is 5.76 Å². The van der Waals surface area contributed by atoms with Crippen molar-refractivity contribution in [2.45, 2.75) is 6.92 Å². The van der Waals surface area contributed by atoms with Gasteiger partial charge in [-0.25, -0.2) is 0 Å². The molecule has 2 heteroatoms. The highest BCUT2D eigenvalue weighted by atomic mass is 16.3. The van der Waals surface area contributed by atoms with Crippen LogP contribution in [0, 0.1) is 6.92 Å². The number of fused-ring (bicyclic) bond motifs is 2. The van der Waals surface area contributed by atoms with E-state index in [4.69, 9.17) is 4.42 Å². The van der Waals surface area contributed by atoms with E-state index in [0.717, 1.165) is 22.5 Å². The van der Waals surface area contributed by atoms with Gasteiger partial charge < -0.3 is 4.42 Å². The molecular formula is C14H10O2. The Morgan fingerprint density at radius 3 is 2.56 bits per heavy atom. The van der Waals surface area contributed by atoms with Crippen LogP contribution < -0.4 is 0 Å². The second-order valence-electron chi connectivity index (χ2n) is 3.95. The predicted octanol–water partition coefficient (Wildman–Crippen LogP) is 3.19. The minimum absolute atomic E-state index is 0.0499. The van der Waals surface area contributed by atoms with Gasteiger partial charge in [0.1, 0.15) is 5.76 Å². The number of carbonyl (C=O) groups is 1. The van der Waals surface area contributed by atoms with E-state index in [0.29, 0.717) is 11.3 Å². The number of aryl methyl sites for hydroxylation is 1. The van der Waals surface area contributed by atoms with Crippen LogP contribution in [0.2, 0.25) is 0 Å². The average Bonchev–Trinajstić information content (AvgIpc) is 2.68. The maximum absolute atomic E-state index is 12.1. The van der Waals surface area contributed by atoms with Gasteiger partial charge in [0.05, 0.1) is 0 Å². The van der Waals surface area contributed by atoms with Gasteiger partial charge in [-0.05, 0) is 24.1 Å². The monoisotopic (exact) mass is 210 g/mol. The molecule has 78 valence electrons. The van der Waals surface area contributed by atoms with Crippen LogP contribution in [0.1, 0.15) is 33.0 Å². The molecule has 1 aliphatic carbocycles. The number of rotatable bonds is 0. The highest BCUT2D eigenvalue weighted by molar-refractivity contribution is 6.17. The smallest absolute Gasteiger partial charge is 0.229 e. The second kappa shape index (κ2) is 2.95. The molecule has 0 radical (unpaired) electrons. The van der Waals surface area contributed by atoms with E-state index in [9.17, 15) is 4.79 Å². The molecule has 0 unspecified atom stereocenters. The highest BCUT2D eigenvalue weighted by Gasteiger charge is 2.28. The molecule has 1 aliphatic rings. The van der Waals surface area contributed by atoms with Crippen molar-refractivity contribution < 1.29 is 9.21 Å². The Morgan fingerprint density at radius 2 is 1.81 bits per heavy atom. The highest BCUT2D eigenvalue weighted by Crippen LogP contribution is 2.36. The molecule has 1 aromatic heterocycles. The fourth-order valence-electron chi connectivity index (χ4n) is 2.12. The van der Waals surface area contributed by atoms with Gasteiger partial charge >= 0.3 is 0 Å². The van der Waals surface area contributed by atoms with E-state index >= 15 is 0 Å². The lowest BCUT2D eigenvalue weighted by Crippen LogP contribution is -2.11. The van der Waals surface area contributed by atoms with E-state index in [1.807, 2.05) is 37.3 Å². The fourth-order valence-corrected chi connectivity index (χ4v) is 2.12. The van der Waals surface area contributed by atoms with Gasteiger partial charge in [0, 0.05) is 11.1 Å². The zero-order valence-corrected chi connectivity index (χ0v) is 8.91. The normalized spacial score (nSPS) is 13.6. The molecule has 1 aromatic carbocycles. The van der Waals surface area contributed by atoms with Crippen molar-refractivity contribution in [1.82, 2.24) is 0 Å². The Bertz CT molecular complexity index is 565. The van der Waals surface area contributed by atoms with Crippen LogP contribution in [-0.4, -0.2) is 5.78 Å². The summed E-state index contributed by atoms with van der Waals surface area (Å²) in [5.74, 6) is 1.11. The molecule has 0 amide bonds. The van der Waals surface area contributed by atoms with Crippen molar-refractivity contribution in [3.63, 3.8) is 0 Å². The summed E-state index contributed by atoms with van der Waals surface area (Å²) in [6.45, 7) is 5.87. The predicted molar refractivity (Wildman–Crippen MR) is 61.5 cm³/mol. The van der Waals surface area contributed by atoms with Crippen molar-refractivity contribution in [3.05, 3.63) is 65.1 Å². The van der Waals surface area contributed by atoms with Crippen LogP contribution in [-0.2, 0) is 0 Å². The molecule has 0 bridgehead atoms. The van der Waals surface area contributed by atoms with Gasteiger partial charge in [-0.15, -0.1) is 0 Å². The van der Waals surface area contributed by atoms with Crippen molar-refractivity contribution in [2.75, 3.05) is 0 Å². The summed E-state index contributed by atoms with van der Waals surface area (Å²) in [5, 5.41) is 0. The molecular weight excluding hydrogens is 200 g/mol. The third-order valence-corrected chi connectivity index (χ3v) is 2.88. The van der Waals surface area contributed by atoms with Crippen molar-refractivity contribution in [2.24, 2.45) is 0 Å². The van der Waals surface area contributed by atoms with E-state index in [-0.39, 0.29) is 5.78 Å². The van der Waals surface area contributed by atoms with Crippen LogP contribution in [0.4, 0.5) is 0 Å². The fraction of sp³-hybridized carbons (Fsp3) is 0.0714. The third kappa shape index (κ3) is 1.04. The van der Waals surface area contributed by atoms with Crippen LogP contribution in [0.5, 0.6) is 0 Å². The largest absolute Gasteiger partial charge is 0.457 e. The molecule has 0 fully saturated rings. The van der Waals surface area contributed by atoms with E-state index in [1.54, 1.807) is 0 Å². The summed E-state index contributed by atoms with van der Waals surface area (Å²) in [6.07, 6.45) is 0. The van der Waals surface area contributed by atoms with E-state index in [1.165, 1.54) is 0 Å². The summed E-state index contributed by atoms with van der Waals surface area (Å²) in [5.41, 5.74) is 3.26. The first-order chi connectivity index (χ1) is 7.68. The molecule has 1 heterocycles. The first-order valence-electron chi connectivity index (χ1n) is 5.12. The molecule has 0 spiro atoms. The molecule has 0 N–H and O–H groups in total. The van der Waals surface area contributed by atoms with Crippen LogP contribution >= 0.6 is 0 Å². The SMILES string of the molecule is C=C1c2ccccc2C(=O)c2oc(C)cc21. The van der Waals surface area contributed by atoms with Crippen LogP contribution in [0.15, 0.2) is 41.3 Å². The topological polar surface area (TPSA) is 30.2 Å². The van der Waals surface area contributed by atoms with Crippen molar-refractivity contribution in [3.8, 4) is 0 Å². The number of carbonyl (C=O) groups excluding carboxylic acids is 1. The van der Waals surface area contributed by atoms with Crippen molar-refractivity contribution >= 4 is 11.4 Å². The number of hydrogen-bond donors (Lipinski definition) is 0. The summed E-state index contributed by atoms with van der Waals surface area (Å²) < 4.78 is 5.44. The zero-order chi connectivity index (χ0) is 11.3. The molecule has 0 saturated carbocycles. The minimum atomic E-state index is -0.0499. The van der Waals surface area contributed by atoms with E-state index in [2.05, 4.69) is 6.58 Å². The number of benzene rings is 1. The minimum Gasteiger partial charge on any atom is -0.457 e. The third-order valence-electron chi connectivity index (χ3n) is 2.88. The number of furan rings is 1. The molecule has 0 saturated heterocycles. The van der Waals surface area contributed by atoms with Crippen LogP contribution in [0.3, 0.4) is 0 Å². The molecule has 0 aliphatic heterocycles. The first kappa shape index (κ1) is 9.16. The molecule has 16 heavy (non-hydrogen) atoms. The molecule has 2 nitrogen and oxygen atoms in total. The lowest BCUT2D eigenvalue weighted by molar-refractivity contribution is 0.101. The van der Waals surface area contributed by atoms with E-state index < -0.39 is 0 Å². The Kier molecular flexibility index (Phi) is 1.69. The second-order valence-corrected chi connectivity index (χ2v) is 3.95. The maximum atomic E-state index is 12.1. The Hall–Kier alpha value is -2.09. The quantitative estimate of drug-likeness (QED) is 0.570. The molecule has 3 rings (SSSR count). The Labute approximate surface area is 93.2 Å². The summed E-state index contributed by atoms with van der Waals surface area (Å²) in [7, 11) is 0. The van der Waals surface area contributed by atoms with Gasteiger partial charge in [-0.3, -0.25) is 4.79 Å². The maximum Gasteiger partial charge on any atom is 0.229 e. The van der Waals surface area contributed by atoms with Crippen molar-refractivity contribution in [1.29, 1.82) is 0 Å². The lowest BCUT2D eigenvalue weighted by atomic mass is 9.86. The number of hydrogen-bond acceptors (Lipinski definition) is 2. The Morgan fingerprint density at radius 1 is 1.12 bits per heavy atom. The number of ketones is 1. The summed E-state index contributed by atoms with van der Waals surface area (Å²) >= 11 is 0. The van der Waals surface area contributed by atoms with Gasteiger partial charge in [-0.1, -0.05) is 30.8 Å². The Balaban J connectivity index is 2.34. The summed E-state index contributed by atoms with van der Waals surface area (Å²) in [4.78, 5) is 12.1. The first-order valence-corrected chi connectivity index (χ1v) is 5.12. The lowest BCUT2D eigenvalue weighted by Gasteiger charge is -2.15. The standard InChI is InChI=1S/C14H10O2/c1-8-7-12-9(2)10-5-3-4-6-11(10)13(15)14(12)16-8/h3-7H,2H2,1H3. The zero-order valence-electron chi connectivity index (χ0n) is 8.91. The van der Waals surface area contributed by atoms with Gasteiger partial charge in [0.25, 0.3) is 0 Å². The summed E-state index contributed by atoms with van der Waals surface area (Å²) in [6, 6.07) is 9.36. The van der Waals surface area contributed by atoms with Gasteiger partial charge in [-0.2, -0.15) is 0 Å². The average molecular weight is 210 g/mol. The van der Waals surface area contributed by atoms with Crippen LogP contribution in [0.25, 0.3) is 5.57 Å². The molecule has 2 aromatic rings.